The number of hydrogen-bond acceptors (Lipinski definition) is 3. The maximum Gasteiger partial charge on any atom is 0.245 e. The molecule has 1 unspecified atom stereocenters. The van der Waals surface area contributed by atoms with Gasteiger partial charge < -0.3 is 5.32 Å². The summed E-state index contributed by atoms with van der Waals surface area (Å²) in [4.78, 5) is 12.4. The molecule has 0 aliphatic rings. The second-order valence-electron chi connectivity index (χ2n) is 5.09. The molecular weight excluding hydrogens is 290 g/mol. The Morgan fingerprint density at radius 1 is 1.48 bits per heavy atom. The Morgan fingerprint density at radius 2 is 2.19 bits per heavy atom. The van der Waals surface area contributed by atoms with E-state index in [2.05, 4.69) is 15.5 Å². The second-order valence-corrected chi connectivity index (χ2v) is 5.47. The minimum atomic E-state index is -0.354. The van der Waals surface area contributed by atoms with Crippen molar-refractivity contribution in [3.8, 4) is 0 Å². The summed E-state index contributed by atoms with van der Waals surface area (Å²) < 4.78 is 3.41. The first kappa shape index (κ1) is 15.6. The number of aromatic nitrogens is 4. The fourth-order valence-corrected chi connectivity index (χ4v) is 2.41. The van der Waals surface area contributed by atoms with E-state index in [1.54, 1.807) is 15.6 Å². The van der Waals surface area contributed by atoms with Gasteiger partial charge in [0, 0.05) is 25.4 Å². The van der Waals surface area contributed by atoms with Crippen molar-refractivity contribution < 1.29 is 4.79 Å². The lowest BCUT2D eigenvalue weighted by Gasteiger charge is -2.17. The van der Waals surface area contributed by atoms with Crippen LogP contribution >= 0.6 is 11.6 Å². The molecule has 21 heavy (non-hydrogen) atoms. The van der Waals surface area contributed by atoms with Crippen LogP contribution in [0.5, 0.6) is 0 Å². The summed E-state index contributed by atoms with van der Waals surface area (Å²) in [5.74, 6) is -0.0661. The third-order valence-electron chi connectivity index (χ3n) is 3.45. The smallest absolute Gasteiger partial charge is 0.245 e. The number of halogens is 1. The molecule has 1 N–H and O–H groups in total. The molecule has 0 aromatic carbocycles. The van der Waals surface area contributed by atoms with Crippen LogP contribution in [0.25, 0.3) is 0 Å². The van der Waals surface area contributed by atoms with Crippen molar-refractivity contribution in [2.75, 3.05) is 0 Å². The Balaban J connectivity index is 2.09. The lowest BCUT2D eigenvalue weighted by Crippen LogP contribution is -2.32. The fraction of sp³-hybridized carbons (Fsp3) is 0.500. The highest BCUT2D eigenvalue weighted by molar-refractivity contribution is 6.31. The summed E-state index contributed by atoms with van der Waals surface area (Å²) in [5, 5.41) is 12.0. The largest absolute Gasteiger partial charge is 0.350 e. The Bertz CT molecular complexity index is 646. The Labute approximate surface area is 129 Å². The van der Waals surface area contributed by atoms with Crippen LogP contribution in [0.2, 0.25) is 5.02 Å². The molecule has 0 saturated heterocycles. The second kappa shape index (κ2) is 6.30. The summed E-state index contributed by atoms with van der Waals surface area (Å²) in [7, 11) is 1.85. The van der Waals surface area contributed by atoms with E-state index in [-0.39, 0.29) is 11.9 Å². The van der Waals surface area contributed by atoms with Crippen LogP contribution in [0.15, 0.2) is 12.4 Å². The van der Waals surface area contributed by atoms with Gasteiger partial charge in [0.05, 0.1) is 22.6 Å². The fourth-order valence-electron chi connectivity index (χ4n) is 2.29. The molecule has 0 aliphatic heterocycles. The van der Waals surface area contributed by atoms with E-state index < -0.39 is 0 Å². The SMILES string of the molecule is CCC(C(=O)NCc1cnn(C)c1)n1nc(C)c(Cl)c1C. The maximum atomic E-state index is 12.4. The van der Waals surface area contributed by atoms with E-state index in [1.807, 2.05) is 34.0 Å². The zero-order valence-corrected chi connectivity index (χ0v) is 13.5. The predicted molar refractivity (Wildman–Crippen MR) is 81.1 cm³/mol. The zero-order chi connectivity index (χ0) is 15.6. The molecule has 0 radical (unpaired) electrons. The number of hydrogen-bond donors (Lipinski definition) is 1. The molecule has 0 fully saturated rings. The van der Waals surface area contributed by atoms with Crippen molar-refractivity contribution in [2.24, 2.45) is 7.05 Å². The number of amides is 1. The highest BCUT2D eigenvalue weighted by Crippen LogP contribution is 2.23. The number of nitrogens with zero attached hydrogens (tertiary/aromatic N) is 4. The molecule has 1 atom stereocenters. The predicted octanol–water partition coefficient (Wildman–Crippen LogP) is 2.15. The molecule has 7 heteroatoms. The highest BCUT2D eigenvalue weighted by atomic mass is 35.5. The van der Waals surface area contributed by atoms with Crippen molar-refractivity contribution in [1.82, 2.24) is 24.9 Å². The minimum Gasteiger partial charge on any atom is -0.350 e. The van der Waals surface area contributed by atoms with Gasteiger partial charge in [-0.3, -0.25) is 14.2 Å². The van der Waals surface area contributed by atoms with Crippen LogP contribution in [0, 0.1) is 13.8 Å². The molecule has 6 nitrogen and oxygen atoms in total. The van der Waals surface area contributed by atoms with Gasteiger partial charge in [-0.15, -0.1) is 0 Å². The normalized spacial score (nSPS) is 12.4. The van der Waals surface area contributed by atoms with E-state index in [1.165, 1.54) is 0 Å². The van der Waals surface area contributed by atoms with Crippen molar-refractivity contribution in [1.29, 1.82) is 0 Å². The van der Waals surface area contributed by atoms with Crippen LogP contribution in [-0.2, 0) is 18.4 Å². The zero-order valence-electron chi connectivity index (χ0n) is 12.7. The van der Waals surface area contributed by atoms with Crippen molar-refractivity contribution in [3.05, 3.63) is 34.4 Å². The van der Waals surface area contributed by atoms with E-state index in [9.17, 15) is 4.79 Å². The molecular formula is C14H20ClN5O. The minimum absolute atomic E-state index is 0.0661. The van der Waals surface area contributed by atoms with Gasteiger partial charge in [-0.05, 0) is 20.3 Å². The number of aryl methyl sites for hydroxylation is 2. The first-order valence-electron chi connectivity index (χ1n) is 6.90. The molecule has 2 aromatic rings. The maximum absolute atomic E-state index is 12.4. The average Bonchev–Trinajstić information content (AvgIpc) is 2.97. The lowest BCUT2D eigenvalue weighted by molar-refractivity contribution is -0.124. The van der Waals surface area contributed by atoms with E-state index in [0.717, 1.165) is 17.0 Å². The molecule has 2 heterocycles. The van der Waals surface area contributed by atoms with Crippen LogP contribution in [0.1, 0.15) is 36.3 Å². The summed E-state index contributed by atoms with van der Waals surface area (Å²) in [6.45, 7) is 6.13. The van der Waals surface area contributed by atoms with Crippen molar-refractivity contribution in [3.63, 3.8) is 0 Å². The van der Waals surface area contributed by atoms with Gasteiger partial charge in [-0.2, -0.15) is 10.2 Å². The van der Waals surface area contributed by atoms with E-state index in [0.29, 0.717) is 18.0 Å². The van der Waals surface area contributed by atoms with Gasteiger partial charge >= 0.3 is 0 Å². The van der Waals surface area contributed by atoms with Crippen LogP contribution in [0.4, 0.5) is 0 Å². The molecule has 1 amide bonds. The van der Waals surface area contributed by atoms with Gasteiger partial charge in [0.2, 0.25) is 5.91 Å². The summed E-state index contributed by atoms with van der Waals surface area (Å²) in [6.07, 6.45) is 4.26. The molecule has 0 bridgehead atoms. The average molecular weight is 310 g/mol. The molecule has 0 aliphatic carbocycles. The molecule has 0 saturated carbocycles. The van der Waals surface area contributed by atoms with Crippen LogP contribution < -0.4 is 5.32 Å². The first-order chi connectivity index (χ1) is 9.93. The molecule has 0 spiro atoms. The topological polar surface area (TPSA) is 64.7 Å². The third-order valence-corrected chi connectivity index (χ3v) is 3.99. The van der Waals surface area contributed by atoms with Gasteiger partial charge in [0.25, 0.3) is 0 Å². The number of carbonyl (C=O) groups excluding carboxylic acids is 1. The molecule has 2 rings (SSSR count). The highest BCUT2D eigenvalue weighted by Gasteiger charge is 2.23. The number of carbonyl (C=O) groups is 1. The van der Waals surface area contributed by atoms with Gasteiger partial charge in [-0.1, -0.05) is 18.5 Å². The number of nitrogens with one attached hydrogen (secondary N) is 1. The Morgan fingerprint density at radius 3 is 2.67 bits per heavy atom. The van der Waals surface area contributed by atoms with Crippen LogP contribution in [-0.4, -0.2) is 25.5 Å². The Hall–Kier alpha value is -1.82. The summed E-state index contributed by atoms with van der Waals surface area (Å²) >= 11 is 6.15. The van der Waals surface area contributed by atoms with E-state index >= 15 is 0 Å². The van der Waals surface area contributed by atoms with Gasteiger partial charge in [0.1, 0.15) is 6.04 Å². The van der Waals surface area contributed by atoms with E-state index in [4.69, 9.17) is 11.6 Å². The monoisotopic (exact) mass is 309 g/mol. The van der Waals surface area contributed by atoms with Crippen molar-refractivity contribution in [2.45, 2.75) is 39.8 Å². The standard InChI is InChI=1S/C14H20ClN5O/c1-5-12(20-10(3)13(15)9(2)18-20)14(21)16-6-11-7-17-19(4)8-11/h7-8,12H,5-6H2,1-4H3,(H,16,21). The first-order valence-corrected chi connectivity index (χ1v) is 7.28. The summed E-state index contributed by atoms with van der Waals surface area (Å²) in [5.41, 5.74) is 2.53. The van der Waals surface area contributed by atoms with Crippen molar-refractivity contribution >= 4 is 17.5 Å². The number of rotatable bonds is 5. The lowest BCUT2D eigenvalue weighted by atomic mass is 10.2. The summed E-state index contributed by atoms with van der Waals surface area (Å²) in [6, 6.07) is -0.354. The molecule has 114 valence electrons. The molecule has 2 aromatic heterocycles. The van der Waals surface area contributed by atoms with Gasteiger partial charge in [-0.25, -0.2) is 0 Å². The Kier molecular flexibility index (Phi) is 4.67. The third kappa shape index (κ3) is 3.26. The quantitative estimate of drug-likeness (QED) is 0.920. The van der Waals surface area contributed by atoms with Crippen LogP contribution in [0.3, 0.4) is 0 Å². The van der Waals surface area contributed by atoms with Gasteiger partial charge in [0.15, 0.2) is 0 Å².